The molecule has 1 aliphatic heterocycles. The summed E-state index contributed by atoms with van der Waals surface area (Å²) in [5, 5.41) is 5.54. The molecule has 0 fully saturated rings. The lowest BCUT2D eigenvalue weighted by Gasteiger charge is -2.42. The summed E-state index contributed by atoms with van der Waals surface area (Å²) in [5.74, 6) is 2.33. The summed E-state index contributed by atoms with van der Waals surface area (Å²) in [6.45, 7) is 4.58. The Morgan fingerprint density at radius 3 is 2.32 bits per heavy atom. The first-order chi connectivity index (χ1) is 23.1. The van der Waals surface area contributed by atoms with Crippen LogP contribution in [0, 0.1) is 0 Å². The normalized spacial score (nSPS) is 13.9. The molecule has 10 rings (SSSR count). The minimum Gasteiger partial charge on any atom is -0.457 e. The summed E-state index contributed by atoms with van der Waals surface area (Å²) in [4.78, 5) is 11.8. The SMILES string of the molecule is CC1(C)c2ccc(Oc3ccc4c5ccccc5n5ccnc5c4c3)cc2N(c2ccccn2)c2c1ccc1oc3ccccc3c21. The zero-order valence-electron chi connectivity index (χ0n) is 25.8. The van der Waals surface area contributed by atoms with Gasteiger partial charge in [0.25, 0.3) is 0 Å². The van der Waals surface area contributed by atoms with E-state index in [0.29, 0.717) is 0 Å². The van der Waals surface area contributed by atoms with Crippen LogP contribution in [-0.2, 0) is 5.41 Å². The maximum atomic E-state index is 6.67. The molecule has 0 amide bonds. The van der Waals surface area contributed by atoms with Crippen LogP contribution >= 0.6 is 0 Å². The van der Waals surface area contributed by atoms with Crippen LogP contribution in [-0.4, -0.2) is 14.4 Å². The number of nitrogens with zero attached hydrogens (tertiary/aromatic N) is 4. The van der Waals surface area contributed by atoms with Crippen molar-refractivity contribution >= 4 is 66.5 Å². The number of fused-ring (bicyclic) bond motifs is 12. The predicted molar refractivity (Wildman–Crippen MR) is 189 cm³/mol. The number of anilines is 3. The molecular formula is C41H28N4O2. The fraction of sp³-hybridized carbons (Fsp3) is 0.0732. The molecule has 0 spiro atoms. The van der Waals surface area contributed by atoms with Gasteiger partial charge in [0, 0.05) is 46.2 Å². The van der Waals surface area contributed by atoms with Crippen LogP contribution in [0.5, 0.6) is 11.5 Å². The summed E-state index contributed by atoms with van der Waals surface area (Å²) >= 11 is 0. The van der Waals surface area contributed by atoms with Gasteiger partial charge in [-0.1, -0.05) is 68.4 Å². The molecule has 0 bridgehead atoms. The van der Waals surface area contributed by atoms with Gasteiger partial charge in [-0.05, 0) is 71.1 Å². The second kappa shape index (κ2) is 9.44. The van der Waals surface area contributed by atoms with Gasteiger partial charge in [-0.15, -0.1) is 0 Å². The second-order valence-electron chi connectivity index (χ2n) is 12.7. The molecular weight excluding hydrogens is 580 g/mol. The lowest BCUT2D eigenvalue weighted by Crippen LogP contribution is -2.31. The highest BCUT2D eigenvalue weighted by Gasteiger charge is 2.39. The Balaban J connectivity index is 1.17. The van der Waals surface area contributed by atoms with Crippen molar-refractivity contribution in [3.63, 3.8) is 0 Å². The Kier molecular flexibility index (Phi) is 5.24. The van der Waals surface area contributed by atoms with Crippen LogP contribution < -0.4 is 9.64 Å². The van der Waals surface area contributed by atoms with E-state index in [-0.39, 0.29) is 5.41 Å². The summed E-state index contributed by atoms with van der Waals surface area (Å²) in [6.07, 6.45) is 5.71. The van der Waals surface area contributed by atoms with E-state index in [0.717, 1.165) is 72.6 Å². The summed E-state index contributed by atoms with van der Waals surface area (Å²) in [7, 11) is 0. The van der Waals surface area contributed by atoms with Crippen LogP contribution in [0.1, 0.15) is 25.0 Å². The molecule has 6 nitrogen and oxygen atoms in total. The molecule has 0 radical (unpaired) electrons. The fourth-order valence-corrected chi connectivity index (χ4v) is 7.56. The van der Waals surface area contributed by atoms with E-state index in [2.05, 4.69) is 108 Å². The van der Waals surface area contributed by atoms with Crippen LogP contribution in [0.3, 0.4) is 0 Å². The van der Waals surface area contributed by atoms with Gasteiger partial charge in [0.2, 0.25) is 0 Å². The summed E-state index contributed by atoms with van der Waals surface area (Å²) < 4.78 is 15.2. The Morgan fingerprint density at radius 1 is 0.638 bits per heavy atom. The number of benzene rings is 5. The lowest BCUT2D eigenvalue weighted by atomic mass is 9.73. The molecule has 5 aromatic carbocycles. The summed E-state index contributed by atoms with van der Waals surface area (Å²) in [5.41, 5.74) is 7.99. The lowest BCUT2D eigenvalue weighted by molar-refractivity contribution is 0.482. The van der Waals surface area contributed by atoms with Crippen LogP contribution in [0.4, 0.5) is 17.2 Å². The van der Waals surface area contributed by atoms with Crippen molar-refractivity contribution in [2.24, 2.45) is 0 Å². The predicted octanol–water partition coefficient (Wildman–Crippen LogP) is 10.8. The molecule has 224 valence electrons. The van der Waals surface area contributed by atoms with E-state index >= 15 is 0 Å². The Hall–Kier alpha value is -6.14. The van der Waals surface area contributed by atoms with E-state index in [4.69, 9.17) is 19.1 Å². The van der Waals surface area contributed by atoms with Crippen molar-refractivity contribution in [3.8, 4) is 11.5 Å². The molecule has 0 saturated heterocycles. The van der Waals surface area contributed by atoms with E-state index in [1.54, 1.807) is 0 Å². The second-order valence-corrected chi connectivity index (χ2v) is 12.7. The third kappa shape index (κ3) is 3.66. The van der Waals surface area contributed by atoms with Crippen molar-refractivity contribution in [2.75, 3.05) is 4.90 Å². The number of hydrogen-bond acceptors (Lipinski definition) is 5. The first-order valence-corrected chi connectivity index (χ1v) is 15.8. The van der Waals surface area contributed by atoms with Crippen molar-refractivity contribution in [1.82, 2.24) is 14.4 Å². The Bertz CT molecular complexity index is 2710. The zero-order valence-corrected chi connectivity index (χ0v) is 25.8. The number of rotatable bonds is 3. The van der Waals surface area contributed by atoms with Gasteiger partial charge in [0.05, 0.1) is 22.3 Å². The molecule has 0 aliphatic carbocycles. The summed E-state index contributed by atoms with van der Waals surface area (Å²) in [6, 6.07) is 39.7. The van der Waals surface area contributed by atoms with Gasteiger partial charge < -0.3 is 9.15 Å². The molecule has 0 saturated carbocycles. The van der Waals surface area contributed by atoms with Gasteiger partial charge in [-0.3, -0.25) is 9.30 Å². The smallest absolute Gasteiger partial charge is 0.145 e. The average molecular weight is 609 g/mol. The number of furan rings is 1. The number of aromatic nitrogens is 3. The fourth-order valence-electron chi connectivity index (χ4n) is 7.56. The third-order valence-corrected chi connectivity index (χ3v) is 9.74. The maximum absolute atomic E-state index is 6.67. The number of imidazole rings is 1. The van der Waals surface area contributed by atoms with Gasteiger partial charge in [0.1, 0.15) is 34.1 Å². The Labute approximate surface area is 270 Å². The van der Waals surface area contributed by atoms with Crippen molar-refractivity contribution in [1.29, 1.82) is 0 Å². The molecule has 0 N–H and O–H groups in total. The van der Waals surface area contributed by atoms with Gasteiger partial charge in [-0.2, -0.15) is 0 Å². The monoisotopic (exact) mass is 608 g/mol. The van der Waals surface area contributed by atoms with Crippen molar-refractivity contribution < 1.29 is 9.15 Å². The van der Waals surface area contributed by atoms with Crippen molar-refractivity contribution in [2.45, 2.75) is 19.3 Å². The van der Waals surface area contributed by atoms with Gasteiger partial charge >= 0.3 is 0 Å². The minimum absolute atomic E-state index is 0.294. The number of pyridine rings is 2. The number of ether oxygens (including phenoxy) is 1. The van der Waals surface area contributed by atoms with Crippen LogP contribution in [0.2, 0.25) is 0 Å². The zero-order chi connectivity index (χ0) is 31.3. The highest BCUT2D eigenvalue weighted by molar-refractivity contribution is 6.15. The topological polar surface area (TPSA) is 55.8 Å². The first kappa shape index (κ1) is 26.1. The number of hydrogen-bond donors (Lipinski definition) is 0. The standard InChI is InChI=1S/C41H28N4O2/c1-41(2)31-17-15-26(46-25-14-16-27-28-9-3-5-11-33(28)44-22-21-43-40(44)30(27)23-25)24-34(31)45(37-13-7-8-20-42-37)39-32(41)18-19-36-38(39)29-10-4-6-12-35(29)47-36/h3-24H,1-2H3. The van der Waals surface area contributed by atoms with Crippen LogP contribution in [0.25, 0.3) is 49.3 Å². The molecule has 0 atom stereocenters. The van der Waals surface area contributed by atoms with Crippen LogP contribution in [0.15, 0.2) is 138 Å². The third-order valence-electron chi connectivity index (χ3n) is 9.74. The van der Waals surface area contributed by atoms with E-state index in [1.807, 2.05) is 48.9 Å². The van der Waals surface area contributed by atoms with Gasteiger partial charge in [-0.25, -0.2) is 9.97 Å². The molecule has 5 heterocycles. The molecule has 0 unspecified atom stereocenters. The van der Waals surface area contributed by atoms with Gasteiger partial charge in [0.15, 0.2) is 0 Å². The van der Waals surface area contributed by atoms with Crippen molar-refractivity contribution in [3.05, 3.63) is 145 Å². The molecule has 4 aromatic heterocycles. The molecule has 9 aromatic rings. The Morgan fingerprint density at radius 2 is 1.43 bits per heavy atom. The molecule has 1 aliphatic rings. The average Bonchev–Trinajstić information content (AvgIpc) is 3.75. The molecule has 6 heteroatoms. The van der Waals surface area contributed by atoms with E-state index < -0.39 is 0 Å². The van der Waals surface area contributed by atoms with E-state index in [1.165, 1.54) is 16.5 Å². The largest absolute Gasteiger partial charge is 0.457 e. The minimum atomic E-state index is -0.294. The molecule has 47 heavy (non-hydrogen) atoms. The van der Waals surface area contributed by atoms with E-state index in [9.17, 15) is 0 Å². The highest BCUT2D eigenvalue weighted by atomic mass is 16.5. The highest BCUT2D eigenvalue weighted by Crippen LogP contribution is 2.56. The number of para-hydroxylation sites is 2. The first-order valence-electron chi connectivity index (χ1n) is 15.8. The maximum Gasteiger partial charge on any atom is 0.145 e. The quantitative estimate of drug-likeness (QED) is 0.187.